The molecule has 0 aliphatic heterocycles. The Kier molecular flexibility index (Phi) is 3.82. The lowest BCUT2D eigenvalue weighted by Crippen LogP contribution is -2.15. The van der Waals surface area contributed by atoms with Crippen molar-refractivity contribution >= 4 is 33.1 Å². The van der Waals surface area contributed by atoms with E-state index in [0.29, 0.717) is 5.56 Å². The van der Waals surface area contributed by atoms with E-state index >= 15 is 0 Å². The molecule has 0 amide bonds. The van der Waals surface area contributed by atoms with Crippen LogP contribution in [0.15, 0.2) is 35.4 Å². The molecule has 0 bridgehead atoms. The van der Waals surface area contributed by atoms with E-state index in [0.717, 1.165) is 12.3 Å². The summed E-state index contributed by atoms with van der Waals surface area (Å²) in [6.07, 6.45) is 1.06. The molecule has 1 aromatic carbocycles. The minimum atomic E-state index is -3.99. The lowest BCUT2D eigenvalue weighted by atomic mass is 10.2. The van der Waals surface area contributed by atoms with Crippen LogP contribution in [0.25, 0.3) is 0 Å². The van der Waals surface area contributed by atoms with Gasteiger partial charge < -0.3 is 5.73 Å². The monoisotopic (exact) mass is 315 g/mol. The molecule has 8 heteroatoms. The van der Waals surface area contributed by atoms with E-state index in [2.05, 4.69) is 9.71 Å². The molecule has 2 rings (SSSR count). The number of aromatic nitrogens is 1. The van der Waals surface area contributed by atoms with Crippen molar-refractivity contribution in [3.8, 4) is 0 Å². The van der Waals surface area contributed by atoms with Crippen molar-refractivity contribution in [1.29, 1.82) is 0 Å². The molecule has 0 fully saturated rings. The fourth-order valence-corrected chi connectivity index (χ4v) is 2.87. The van der Waals surface area contributed by atoms with Crippen LogP contribution in [0.3, 0.4) is 0 Å². The van der Waals surface area contributed by atoms with Crippen LogP contribution in [0, 0.1) is 12.7 Å². The molecule has 0 saturated heterocycles. The molecule has 1 heterocycles. The molecular formula is C12H11ClFN3O2S. The topological polar surface area (TPSA) is 85.1 Å². The number of nitrogen functional groups attached to an aromatic ring is 1. The van der Waals surface area contributed by atoms with Crippen molar-refractivity contribution in [3.63, 3.8) is 0 Å². The molecule has 3 N–H and O–H groups in total. The summed E-state index contributed by atoms with van der Waals surface area (Å²) in [6.45, 7) is 1.59. The number of halogens is 2. The van der Waals surface area contributed by atoms with Gasteiger partial charge in [-0.15, -0.1) is 0 Å². The van der Waals surface area contributed by atoms with E-state index in [-0.39, 0.29) is 21.4 Å². The van der Waals surface area contributed by atoms with Gasteiger partial charge in [0.15, 0.2) is 0 Å². The Morgan fingerprint density at radius 1 is 1.40 bits per heavy atom. The second kappa shape index (κ2) is 5.26. The first-order chi connectivity index (χ1) is 9.31. The molecular weight excluding hydrogens is 305 g/mol. The number of sulfonamides is 1. The minimum Gasteiger partial charge on any atom is -0.382 e. The Morgan fingerprint density at radius 3 is 2.70 bits per heavy atom. The minimum absolute atomic E-state index is 0.0122. The SMILES string of the molecule is Cc1cccc(F)c1NS(=O)(=O)c1cnc(N)c(Cl)c1. The van der Waals surface area contributed by atoms with Crippen LogP contribution in [0.5, 0.6) is 0 Å². The Hall–Kier alpha value is -1.86. The number of rotatable bonds is 3. The van der Waals surface area contributed by atoms with Crippen molar-refractivity contribution in [2.75, 3.05) is 10.5 Å². The maximum absolute atomic E-state index is 13.7. The van der Waals surface area contributed by atoms with Crippen LogP contribution in [-0.4, -0.2) is 13.4 Å². The molecule has 20 heavy (non-hydrogen) atoms. The molecule has 0 atom stereocenters. The Balaban J connectivity index is 2.43. The zero-order valence-electron chi connectivity index (χ0n) is 10.4. The molecule has 0 radical (unpaired) electrons. The smallest absolute Gasteiger partial charge is 0.263 e. The second-order valence-electron chi connectivity index (χ2n) is 4.08. The average molecular weight is 316 g/mol. The zero-order chi connectivity index (χ0) is 14.9. The lowest BCUT2D eigenvalue weighted by molar-refractivity contribution is 0.598. The van der Waals surface area contributed by atoms with E-state index < -0.39 is 15.8 Å². The molecule has 5 nitrogen and oxygen atoms in total. The summed E-state index contributed by atoms with van der Waals surface area (Å²) in [4.78, 5) is 3.47. The van der Waals surface area contributed by atoms with E-state index in [1.807, 2.05) is 0 Å². The number of nitrogens with two attached hydrogens (primary N) is 1. The third-order valence-electron chi connectivity index (χ3n) is 2.61. The largest absolute Gasteiger partial charge is 0.382 e. The molecule has 0 spiro atoms. The Labute approximate surface area is 120 Å². The summed E-state index contributed by atoms with van der Waals surface area (Å²) >= 11 is 5.73. The van der Waals surface area contributed by atoms with Gasteiger partial charge in [-0.05, 0) is 24.6 Å². The number of para-hydroxylation sites is 1. The van der Waals surface area contributed by atoms with Crippen molar-refractivity contribution in [2.24, 2.45) is 0 Å². The molecule has 0 aliphatic carbocycles. The van der Waals surface area contributed by atoms with Crippen molar-refractivity contribution < 1.29 is 12.8 Å². The van der Waals surface area contributed by atoms with E-state index in [4.69, 9.17) is 17.3 Å². The molecule has 2 aromatic rings. The summed E-state index contributed by atoms with van der Waals surface area (Å²) < 4.78 is 40.1. The number of aryl methyl sites for hydroxylation is 1. The van der Waals surface area contributed by atoms with Crippen LogP contribution < -0.4 is 10.5 Å². The summed E-state index contributed by atoms with van der Waals surface area (Å²) in [7, 11) is -3.99. The number of nitrogens with one attached hydrogen (secondary N) is 1. The molecule has 0 unspecified atom stereocenters. The first kappa shape index (κ1) is 14.5. The average Bonchev–Trinajstić information content (AvgIpc) is 2.37. The normalized spacial score (nSPS) is 11.3. The highest BCUT2D eigenvalue weighted by Gasteiger charge is 2.19. The fraction of sp³-hybridized carbons (Fsp3) is 0.0833. The van der Waals surface area contributed by atoms with Crippen molar-refractivity contribution in [3.05, 3.63) is 46.9 Å². The number of hydrogen-bond acceptors (Lipinski definition) is 4. The predicted molar refractivity (Wildman–Crippen MR) is 75.6 cm³/mol. The van der Waals surface area contributed by atoms with Crippen LogP contribution >= 0.6 is 11.6 Å². The standard InChI is InChI=1S/C12H11ClFN3O2S/c1-7-3-2-4-10(14)11(7)17-20(18,19)8-5-9(13)12(15)16-6-8/h2-6,17H,1H3,(H2,15,16). The van der Waals surface area contributed by atoms with E-state index in [1.54, 1.807) is 13.0 Å². The van der Waals surface area contributed by atoms with Gasteiger partial charge in [0.2, 0.25) is 0 Å². The summed E-state index contributed by atoms with van der Waals surface area (Å²) in [5.74, 6) is -0.643. The number of benzene rings is 1. The van der Waals surface area contributed by atoms with Crippen LogP contribution in [0.2, 0.25) is 5.02 Å². The first-order valence-electron chi connectivity index (χ1n) is 5.50. The quantitative estimate of drug-likeness (QED) is 0.911. The molecule has 106 valence electrons. The highest BCUT2D eigenvalue weighted by Crippen LogP contribution is 2.25. The van der Waals surface area contributed by atoms with Gasteiger partial charge in [-0.2, -0.15) is 0 Å². The summed E-state index contributed by atoms with van der Waals surface area (Å²) in [5, 5.41) is 0.0122. The summed E-state index contributed by atoms with van der Waals surface area (Å²) in [5.41, 5.74) is 5.76. The van der Waals surface area contributed by atoms with E-state index in [9.17, 15) is 12.8 Å². The van der Waals surface area contributed by atoms with Gasteiger partial charge in [-0.1, -0.05) is 23.7 Å². The Morgan fingerprint density at radius 2 is 2.10 bits per heavy atom. The van der Waals surface area contributed by atoms with Crippen LogP contribution in [-0.2, 0) is 10.0 Å². The van der Waals surface area contributed by atoms with Crippen LogP contribution in [0.1, 0.15) is 5.56 Å². The number of pyridine rings is 1. The highest BCUT2D eigenvalue weighted by molar-refractivity contribution is 7.92. The van der Waals surface area contributed by atoms with Crippen molar-refractivity contribution in [1.82, 2.24) is 4.98 Å². The predicted octanol–water partition coefficient (Wildman–Crippen LogP) is 2.57. The number of anilines is 2. The number of nitrogens with zero attached hydrogens (tertiary/aromatic N) is 1. The lowest BCUT2D eigenvalue weighted by Gasteiger charge is -2.11. The van der Waals surface area contributed by atoms with Gasteiger partial charge in [0, 0.05) is 6.20 Å². The van der Waals surface area contributed by atoms with Gasteiger partial charge >= 0.3 is 0 Å². The van der Waals surface area contributed by atoms with Gasteiger partial charge in [-0.3, -0.25) is 4.72 Å². The zero-order valence-corrected chi connectivity index (χ0v) is 12.0. The Bertz CT molecular complexity index is 745. The molecule has 0 aliphatic rings. The van der Waals surface area contributed by atoms with Crippen LogP contribution in [0.4, 0.5) is 15.9 Å². The highest BCUT2D eigenvalue weighted by atomic mass is 35.5. The third kappa shape index (κ3) is 2.83. The summed E-state index contributed by atoms with van der Waals surface area (Å²) in [6, 6.07) is 5.40. The number of hydrogen-bond donors (Lipinski definition) is 2. The van der Waals surface area contributed by atoms with Gasteiger partial charge in [-0.25, -0.2) is 17.8 Å². The maximum Gasteiger partial charge on any atom is 0.263 e. The maximum atomic E-state index is 13.7. The first-order valence-corrected chi connectivity index (χ1v) is 7.36. The second-order valence-corrected chi connectivity index (χ2v) is 6.16. The van der Waals surface area contributed by atoms with Gasteiger partial charge in [0.25, 0.3) is 10.0 Å². The van der Waals surface area contributed by atoms with Crippen molar-refractivity contribution in [2.45, 2.75) is 11.8 Å². The molecule has 0 saturated carbocycles. The van der Waals surface area contributed by atoms with E-state index in [1.165, 1.54) is 12.1 Å². The third-order valence-corrected chi connectivity index (χ3v) is 4.23. The van der Waals surface area contributed by atoms with Gasteiger partial charge in [0.1, 0.15) is 16.5 Å². The molecule has 1 aromatic heterocycles. The fourth-order valence-electron chi connectivity index (χ4n) is 1.53. The van der Waals surface area contributed by atoms with Gasteiger partial charge in [0.05, 0.1) is 10.7 Å².